The molecule has 1 aromatic heterocycles. The van der Waals surface area contributed by atoms with Crippen molar-refractivity contribution in [3.63, 3.8) is 0 Å². The van der Waals surface area contributed by atoms with E-state index in [9.17, 15) is 0 Å². The van der Waals surface area contributed by atoms with Crippen LogP contribution in [0.15, 0.2) is 23.4 Å². The average Bonchev–Trinajstić information content (AvgIpc) is 2.52. The molecule has 0 aromatic carbocycles. The molecule has 1 saturated heterocycles. The summed E-state index contributed by atoms with van der Waals surface area (Å²) in [5, 5.41) is 20.4. The Morgan fingerprint density at radius 3 is 2.85 bits per heavy atom. The number of aliphatic hydroxyl groups excluding tert-OH is 1. The molecule has 1 fully saturated rings. The summed E-state index contributed by atoms with van der Waals surface area (Å²) in [6.45, 7) is 2.12. The number of pyridine rings is 1. The lowest BCUT2D eigenvalue weighted by Gasteiger charge is -2.32. The number of hydrogen-bond acceptors (Lipinski definition) is 6. The number of piperidine rings is 1. The molecule has 0 amide bonds. The third kappa shape index (κ3) is 3.58. The Hall–Kier alpha value is -1.86. The summed E-state index contributed by atoms with van der Waals surface area (Å²) >= 11 is 0. The van der Waals surface area contributed by atoms with Gasteiger partial charge in [-0.3, -0.25) is 0 Å². The van der Waals surface area contributed by atoms with Gasteiger partial charge < -0.3 is 25.7 Å². The predicted molar refractivity (Wildman–Crippen MR) is 75.0 cm³/mol. The van der Waals surface area contributed by atoms with Crippen LogP contribution in [0.3, 0.4) is 0 Å². The molecule has 110 valence electrons. The molecule has 0 aliphatic carbocycles. The standard InChI is InChI=1S/C13H20N4O3/c14-13(16-19)11-2-1-3-12(15-11)17-6-4-10(5-7-17)20-9-8-18/h1-3,10,18-19H,4-9H2,(H2,14,16). The van der Waals surface area contributed by atoms with Gasteiger partial charge in [0.15, 0.2) is 5.84 Å². The fourth-order valence-electron chi connectivity index (χ4n) is 2.26. The Morgan fingerprint density at radius 2 is 2.20 bits per heavy atom. The first-order valence-corrected chi connectivity index (χ1v) is 6.67. The summed E-state index contributed by atoms with van der Waals surface area (Å²) < 4.78 is 5.53. The van der Waals surface area contributed by atoms with Crippen LogP contribution in [0, 0.1) is 0 Å². The van der Waals surface area contributed by atoms with Crippen molar-refractivity contribution in [3.8, 4) is 0 Å². The van der Waals surface area contributed by atoms with E-state index in [4.69, 9.17) is 20.8 Å². The lowest BCUT2D eigenvalue weighted by Crippen LogP contribution is -2.38. The second-order valence-corrected chi connectivity index (χ2v) is 4.65. The summed E-state index contributed by atoms with van der Waals surface area (Å²) in [5.41, 5.74) is 6.01. The Morgan fingerprint density at radius 1 is 1.45 bits per heavy atom. The number of anilines is 1. The lowest BCUT2D eigenvalue weighted by molar-refractivity contribution is 0.0158. The van der Waals surface area contributed by atoms with E-state index < -0.39 is 0 Å². The van der Waals surface area contributed by atoms with Crippen LogP contribution < -0.4 is 10.6 Å². The molecular weight excluding hydrogens is 260 g/mol. The quantitative estimate of drug-likeness (QED) is 0.307. The molecule has 1 aromatic rings. The van der Waals surface area contributed by atoms with Gasteiger partial charge in [-0.05, 0) is 25.0 Å². The number of rotatable bonds is 5. The zero-order valence-corrected chi connectivity index (χ0v) is 11.3. The molecule has 7 nitrogen and oxygen atoms in total. The number of aromatic nitrogens is 1. The van der Waals surface area contributed by atoms with Gasteiger partial charge in [0, 0.05) is 13.1 Å². The monoisotopic (exact) mass is 280 g/mol. The van der Waals surface area contributed by atoms with E-state index >= 15 is 0 Å². The summed E-state index contributed by atoms with van der Waals surface area (Å²) in [7, 11) is 0. The van der Waals surface area contributed by atoms with Crippen molar-refractivity contribution in [1.29, 1.82) is 0 Å². The van der Waals surface area contributed by atoms with Crippen LogP contribution in [-0.4, -0.2) is 53.5 Å². The minimum atomic E-state index is 0.00742. The second-order valence-electron chi connectivity index (χ2n) is 4.65. The third-order valence-electron chi connectivity index (χ3n) is 3.32. The highest BCUT2D eigenvalue weighted by Gasteiger charge is 2.20. The van der Waals surface area contributed by atoms with Gasteiger partial charge >= 0.3 is 0 Å². The maximum Gasteiger partial charge on any atom is 0.188 e. The maximum atomic E-state index is 8.74. The zero-order valence-electron chi connectivity index (χ0n) is 11.3. The van der Waals surface area contributed by atoms with E-state index in [1.54, 1.807) is 6.07 Å². The molecule has 7 heteroatoms. The van der Waals surface area contributed by atoms with Crippen LogP contribution in [-0.2, 0) is 4.74 Å². The molecule has 2 heterocycles. The van der Waals surface area contributed by atoms with Gasteiger partial charge in [0.2, 0.25) is 0 Å². The minimum Gasteiger partial charge on any atom is -0.409 e. The van der Waals surface area contributed by atoms with Crippen LogP contribution >= 0.6 is 0 Å². The Bertz CT molecular complexity index is 459. The van der Waals surface area contributed by atoms with Crippen molar-refractivity contribution in [2.75, 3.05) is 31.2 Å². The number of hydrogen-bond donors (Lipinski definition) is 3. The molecule has 0 unspecified atom stereocenters. The van der Waals surface area contributed by atoms with Gasteiger partial charge in [0.05, 0.1) is 19.3 Å². The largest absolute Gasteiger partial charge is 0.409 e. The molecule has 0 radical (unpaired) electrons. The fraction of sp³-hybridized carbons (Fsp3) is 0.538. The zero-order chi connectivity index (χ0) is 14.4. The number of oxime groups is 1. The van der Waals surface area contributed by atoms with Crippen molar-refractivity contribution in [2.24, 2.45) is 10.9 Å². The molecule has 20 heavy (non-hydrogen) atoms. The molecule has 1 aliphatic rings. The van der Waals surface area contributed by atoms with E-state index in [1.807, 2.05) is 12.1 Å². The number of ether oxygens (including phenoxy) is 1. The predicted octanol–water partition coefficient (Wildman–Crippen LogP) is 0.154. The number of amidine groups is 1. The van der Waals surface area contributed by atoms with E-state index in [1.165, 1.54) is 0 Å². The summed E-state index contributed by atoms with van der Waals surface area (Å²) in [5.74, 6) is 0.822. The first-order valence-electron chi connectivity index (χ1n) is 6.67. The van der Waals surface area contributed by atoms with Crippen molar-refractivity contribution in [1.82, 2.24) is 4.98 Å². The van der Waals surface area contributed by atoms with Crippen molar-refractivity contribution in [3.05, 3.63) is 23.9 Å². The van der Waals surface area contributed by atoms with Crippen LogP contribution in [0.4, 0.5) is 5.82 Å². The van der Waals surface area contributed by atoms with Crippen molar-refractivity contribution in [2.45, 2.75) is 18.9 Å². The van der Waals surface area contributed by atoms with Crippen LogP contribution in [0.25, 0.3) is 0 Å². The van der Waals surface area contributed by atoms with E-state index in [0.29, 0.717) is 12.3 Å². The molecular formula is C13H20N4O3. The van der Waals surface area contributed by atoms with E-state index in [-0.39, 0.29) is 18.5 Å². The molecule has 1 aliphatic heterocycles. The Labute approximate surface area is 117 Å². The molecule has 0 spiro atoms. The minimum absolute atomic E-state index is 0.00742. The fourth-order valence-corrected chi connectivity index (χ4v) is 2.26. The molecule has 2 rings (SSSR count). The highest BCUT2D eigenvalue weighted by atomic mass is 16.5. The average molecular weight is 280 g/mol. The van der Waals surface area contributed by atoms with Crippen LogP contribution in [0.2, 0.25) is 0 Å². The van der Waals surface area contributed by atoms with Crippen LogP contribution in [0.5, 0.6) is 0 Å². The number of aliphatic hydroxyl groups is 1. The SMILES string of the molecule is N/C(=N/O)c1cccc(N2CCC(OCCO)CC2)n1. The summed E-state index contributed by atoms with van der Waals surface area (Å²) in [4.78, 5) is 6.53. The van der Waals surface area contributed by atoms with E-state index in [2.05, 4.69) is 15.0 Å². The second kappa shape index (κ2) is 7.06. The normalized spacial score (nSPS) is 17.4. The first kappa shape index (κ1) is 14.5. The van der Waals surface area contributed by atoms with Gasteiger partial charge in [-0.15, -0.1) is 0 Å². The summed E-state index contributed by atoms with van der Waals surface area (Å²) in [6, 6.07) is 5.45. The van der Waals surface area contributed by atoms with Gasteiger partial charge in [-0.2, -0.15) is 0 Å². The summed E-state index contributed by atoms with van der Waals surface area (Å²) in [6.07, 6.45) is 2.00. The number of nitrogens with zero attached hydrogens (tertiary/aromatic N) is 3. The Kier molecular flexibility index (Phi) is 5.14. The van der Waals surface area contributed by atoms with Crippen LogP contribution in [0.1, 0.15) is 18.5 Å². The third-order valence-corrected chi connectivity index (χ3v) is 3.32. The number of nitrogens with two attached hydrogens (primary N) is 1. The lowest BCUT2D eigenvalue weighted by atomic mass is 10.1. The van der Waals surface area contributed by atoms with Gasteiger partial charge in [0.1, 0.15) is 11.5 Å². The van der Waals surface area contributed by atoms with Gasteiger partial charge in [-0.25, -0.2) is 4.98 Å². The topological polar surface area (TPSA) is 104 Å². The smallest absolute Gasteiger partial charge is 0.188 e. The molecule has 0 bridgehead atoms. The highest BCUT2D eigenvalue weighted by Crippen LogP contribution is 2.19. The van der Waals surface area contributed by atoms with Crippen molar-refractivity contribution >= 4 is 11.7 Å². The maximum absolute atomic E-state index is 8.74. The van der Waals surface area contributed by atoms with E-state index in [0.717, 1.165) is 31.7 Å². The van der Waals surface area contributed by atoms with Crippen molar-refractivity contribution < 1.29 is 15.1 Å². The van der Waals surface area contributed by atoms with Gasteiger partial charge in [-0.1, -0.05) is 11.2 Å². The molecule has 0 atom stereocenters. The molecule has 0 saturated carbocycles. The highest BCUT2D eigenvalue weighted by molar-refractivity contribution is 5.95. The van der Waals surface area contributed by atoms with Gasteiger partial charge in [0.25, 0.3) is 0 Å². The first-order chi connectivity index (χ1) is 9.74. The Balaban J connectivity index is 1.97. The molecule has 4 N–H and O–H groups in total.